The molecule has 1 amide bonds. The molecule has 1 aliphatic rings. The Kier molecular flexibility index (Phi) is 6.89. The maximum absolute atomic E-state index is 11.7. The fraction of sp³-hybridized carbons (Fsp3) is 0.867. The Morgan fingerprint density at radius 2 is 1.84 bits per heavy atom. The van der Waals surface area contributed by atoms with Crippen molar-refractivity contribution >= 4 is 11.9 Å². The van der Waals surface area contributed by atoms with E-state index in [4.69, 9.17) is 5.11 Å². The lowest BCUT2D eigenvalue weighted by molar-refractivity contribution is -0.143. The van der Waals surface area contributed by atoms with Crippen LogP contribution in [0.2, 0.25) is 0 Å². The molecule has 1 atom stereocenters. The summed E-state index contributed by atoms with van der Waals surface area (Å²) in [5.41, 5.74) is 0. The molecule has 0 saturated heterocycles. The number of hydrogen-bond donors (Lipinski definition) is 2. The smallest absolute Gasteiger partial charge is 0.326 e. The Bertz CT molecular complexity index is 296. The molecule has 1 fully saturated rings. The molecule has 110 valence electrons. The van der Waals surface area contributed by atoms with Crippen LogP contribution < -0.4 is 5.32 Å². The van der Waals surface area contributed by atoms with Crippen molar-refractivity contribution in [3.63, 3.8) is 0 Å². The Morgan fingerprint density at radius 3 is 2.37 bits per heavy atom. The highest BCUT2D eigenvalue weighted by Crippen LogP contribution is 2.27. The van der Waals surface area contributed by atoms with Crippen molar-refractivity contribution in [1.82, 2.24) is 5.32 Å². The van der Waals surface area contributed by atoms with Gasteiger partial charge in [0.2, 0.25) is 5.91 Å². The number of carboxylic acid groups (broad SMARTS) is 1. The highest BCUT2D eigenvalue weighted by atomic mass is 16.4. The molecule has 0 aromatic rings. The average molecular weight is 269 g/mol. The van der Waals surface area contributed by atoms with Gasteiger partial charge in [-0.3, -0.25) is 4.79 Å². The monoisotopic (exact) mass is 269 g/mol. The largest absolute Gasteiger partial charge is 0.480 e. The number of amides is 1. The minimum Gasteiger partial charge on any atom is -0.480 e. The van der Waals surface area contributed by atoms with E-state index in [0.717, 1.165) is 18.8 Å². The van der Waals surface area contributed by atoms with Crippen LogP contribution in [0.25, 0.3) is 0 Å². The molecule has 0 radical (unpaired) electrons. The topological polar surface area (TPSA) is 66.4 Å². The van der Waals surface area contributed by atoms with Gasteiger partial charge in [0.05, 0.1) is 0 Å². The SMILES string of the molecule is CC(C)[C@@H](NC(=O)CCCC1CCCCC1)C(=O)O. The molecule has 4 nitrogen and oxygen atoms in total. The summed E-state index contributed by atoms with van der Waals surface area (Å²) in [7, 11) is 0. The average Bonchev–Trinajstić information content (AvgIpc) is 2.36. The van der Waals surface area contributed by atoms with Crippen molar-refractivity contribution in [3.8, 4) is 0 Å². The third-order valence-corrected chi connectivity index (χ3v) is 3.99. The van der Waals surface area contributed by atoms with Crippen LogP contribution in [0.3, 0.4) is 0 Å². The summed E-state index contributed by atoms with van der Waals surface area (Å²) >= 11 is 0. The minimum absolute atomic E-state index is 0.0835. The quantitative estimate of drug-likeness (QED) is 0.746. The van der Waals surface area contributed by atoms with Crippen LogP contribution in [0.4, 0.5) is 0 Å². The van der Waals surface area contributed by atoms with E-state index >= 15 is 0 Å². The molecule has 0 aliphatic heterocycles. The molecule has 2 N–H and O–H groups in total. The van der Waals surface area contributed by atoms with Gasteiger partial charge in [-0.15, -0.1) is 0 Å². The van der Waals surface area contributed by atoms with Gasteiger partial charge in [-0.2, -0.15) is 0 Å². The maximum Gasteiger partial charge on any atom is 0.326 e. The molecule has 1 saturated carbocycles. The maximum atomic E-state index is 11.7. The van der Waals surface area contributed by atoms with Crippen molar-refractivity contribution < 1.29 is 14.7 Å². The molecule has 0 spiro atoms. The normalized spacial score (nSPS) is 18.3. The molecule has 1 rings (SSSR count). The molecule has 0 bridgehead atoms. The molecule has 0 heterocycles. The number of carbonyl (C=O) groups is 2. The van der Waals surface area contributed by atoms with Crippen molar-refractivity contribution in [1.29, 1.82) is 0 Å². The van der Waals surface area contributed by atoms with E-state index < -0.39 is 12.0 Å². The third kappa shape index (κ3) is 6.08. The fourth-order valence-corrected chi connectivity index (χ4v) is 2.79. The first kappa shape index (κ1) is 16.0. The van der Waals surface area contributed by atoms with Crippen LogP contribution in [0.5, 0.6) is 0 Å². The Balaban J connectivity index is 2.21. The molecule has 4 heteroatoms. The van der Waals surface area contributed by atoms with E-state index in [2.05, 4.69) is 5.32 Å². The molecule has 0 aromatic carbocycles. The molecule has 19 heavy (non-hydrogen) atoms. The second-order valence-corrected chi connectivity index (χ2v) is 6.02. The zero-order valence-electron chi connectivity index (χ0n) is 12.2. The first-order valence-electron chi connectivity index (χ1n) is 7.53. The summed E-state index contributed by atoms with van der Waals surface area (Å²) in [5.74, 6) is -0.380. The predicted molar refractivity (Wildman–Crippen MR) is 74.8 cm³/mol. The number of hydrogen-bond acceptors (Lipinski definition) is 2. The number of aliphatic carboxylic acids is 1. The van der Waals surface area contributed by atoms with Gasteiger partial charge in [0.1, 0.15) is 6.04 Å². The minimum atomic E-state index is -0.948. The summed E-state index contributed by atoms with van der Waals surface area (Å²) in [6.45, 7) is 3.61. The van der Waals surface area contributed by atoms with Crippen LogP contribution >= 0.6 is 0 Å². The second kappa shape index (κ2) is 8.18. The van der Waals surface area contributed by atoms with Gasteiger partial charge >= 0.3 is 5.97 Å². The lowest BCUT2D eigenvalue weighted by Crippen LogP contribution is -2.44. The third-order valence-electron chi connectivity index (χ3n) is 3.99. The van der Waals surface area contributed by atoms with Gasteiger partial charge < -0.3 is 10.4 Å². The lowest BCUT2D eigenvalue weighted by atomic mass is 9.86. The lowest BCUT2D eigenvalue weighted by Gasteiger charge is -2.21. The van der Waals surface area contributed by atoms with Crippen molar-refractivity contribution in [2.75, 3.05) is 0 Å². The number of rotatable bonds is 7. The van der Waals surface area contributed by atoms with E-state index in [1.165, 1.54) is 32.1 Å². The predicted octanol–water partition coefficient (Wildman–Crippen LogP) is 2.96. The highest BCUT2D eigenvalue weighted by molar-refractivity contribution is 5.83. The van der Waals surface area contributed by atoms with E-state index in [1.807, 2.05) is 0 Å². The summed E-state index contributed by atoms with van der Waals surface area (Å²) in [6, 6.07) is -0.762. The number of carbonyl (C=O) groups excluding carboxylic acids is 1. The standard InChI is InChI=1S/C15H27NO3/c1-11(2)14(15(18)19)16-13(17)10-6-9-12-7-4-3-5-8-12/h11-12,14H,3-10H2,1-2H3,(H,16,17)(H,18,19)/t14-/m1/s1. The first-order chi connectivity index (χ1) is 9.00. The number of carboxylic acids is 1. The Hall–Kier alpha value is -1.06. The Labute approximate surface area is 116 Å². The zero-order chi connectivity index (χ0) is 14.3. The van der Waals surface area contributed by atoms with Crippen molar-refractivity contribution in [2.45, 2.75) is 71.3 Å². The summed E-state index contributed by atoms with van der Waals surface area (Å²) < 4.78 is 0. The van der Waals surface area contributed by atoms with Crippen molar-refractivity contribution in [2.24, 2.45) is 11.8 Å². The van der Waals surface area contributed by atoms with E-state index in [-0.39, 0.29) is 11.8 Å². The van der Waals surface area contributed by atoms with Gasteiger partial charge in [-0.1, -0.05) is 46.0 Å². The van der Waals surface area contributed by atoms with Crippen LogP contribution in [0.15, 0.2) is 0 Å². The van der Waals surface area contributed by atoms with Gasteiger partial charge in [-0.25, -0.2) is 4.79 Å². The molecule has 0 aromatic heterocycles. The van der Waals surface area contributed by atoms with Gasteiger partial charge in [0.25, 0.3) is 0 Å². The van der Waals surface area contributed by atoms with Crippen LogP contribution in [-0.4, -0.2) is 23.0 Å². The van der Waals surface area contributed by atoms with E-state index in [1.54, 1.807) is 13.8 Å². The van der Waals surface area contributed by atoms with Crippen LogP contribution in [0, 0.1) is 11.8 Å². The highest BCUT2D eigenvalue weighted by Gasteiger charge is 2.23. The molecular weight excluding hydrogens is 242 g/mol. The zero-order valence-corrected chi connectivity index (χ0v) is 12.2. The first-order valence-corrected chi connectivity index (χ1v) is 7.53. The van der Waals surface area contributed by atoms with E-state index in [9.17, 15) is 9.59 Å². The van der Waals surface area contributed by atoms with Gasteiger partial charge in [0.15, 0.2) is 0 Å². The van der Waals surface area contributed by atoms with Gasteiger partial charge in [-0.05, 0) is 24.7 Å². The molecular formula is C15H27NO3. The van der Waals surface area contributed by atoms with Crippen molar-refractivity contribution in [3.05, 3.63) is 0 Å². The Morgan fingerprint density at radius 1 is 1.21 bits per heavy atom. The van der Waals surface area contributed by atoms with Gasteiger partial charge in [0, 0.05) is 6.42 Å². The van der Waals surface area contributed by atoms with Crippen LogP contribution in [-0.2, 0) is 9.59 Å². The summed E-state index contributed by atoms with van der Waals surface area (Å²) in [5, 5.41) is 11.6. The fourth-order valence-electron chi connectivity index (χ4n) is 2.79. The van der Waals surface area contributed by atoms with E-state index in [0.29, 0.717) is 6.42 Å². The summed E-state index contributed by atoms with van der Waals surface area (Å²) in [4.78, 5) is 22.7. The van der Waals surface area contributed by atoms with Crippen LogP contribution in [0.1, 0.15) is 65.2 Å². The summed E-state index contributed by atoms with van der Waals surface area (Å²) in [6.07, 6.45) is 9.03. The second-order valence-electron chi connectivity index (χ2n) is 6.02. The number of nitrogens with one attached hydrogen (secondary N) is 1. The molecule has 0 unspecified atom stereocenters. The molecule has 1 aliphatic carbocycles.